The number of para-hydroxylation sites is 5. The van der Waals surface area contributed by atoms with E-state index < -0.39 is 0 Å². The fraction of sp³-hybridized carbons (Fsp3) is 0. The second-order valence-corrected chi connectivity index (χ2v) is 11.4. The van der Waals surface area contributed by atoms with E-state index in [4.69, 9.17) is 19.4 Å². The van der Waals surface area contributed by atoms with Crippen molar-refractivity contribution in [3.63, 3.8) is 0 Å². The van der Waals surface area contributed by atoms with Crippen LogP contribution in [0.1, 0.15) is 0 Å². The van der Waals surface area contributed by atoms with E-state index in [-0.39, 0.29) is 0 Å². The molecule has 6 nitrogen and oxygen atoms in total. The molecule has 0 fully saturated rings. The average molecular weight is 593 g/mol. The Bertz CT molecular complexity index is 2420. The molecule has 0 saturated heterocycles. The lowest BCUT2D eigenvalue weighted by molar-refractivity contribution is 0.449. The highest BCUT2D eigenvalue weighted by Crippen LogP contribution is 2.62. The highest BCUT2D eigenvalue weighted by Gasteiger charge is 2.37. The average Bonchev–Trinajstić information content (AvgIpc) is 3.46. The Labute approximate surface area is 264 Å². The standard InChI is InChI=1S/C40H24N4O2/c1-3-13-25(14-4-1)29-24-30(26-15-5-2-6-16-26)42-40(41-29)44-31-18-8-7-17-27(31)28-23-36-38-39(37(28)44)46-35-22-12-10-20-33(35)43(38)32-19-9-11-21-34(32)45-36/h1-24H. The van der Waals surface area contributed by atoms with Crippen LogP contribution < -0.4 is 14.4 Å². The summed E-state index contributed by atoms with van der Waals surface area (Å²) in [7, 11) is 0. The predicted molar refractivity (Wildman–Crippen MR) is 182 cm³/mol. The fourth-order valence-corrected chi connectivity index (χ4v) is 6.76. The molecule has 2 aliphatic rings. The second-order valence-electron chi connectivity index (χ2n) is 11.4. The first-order chi connectivity index (χ1) is 22.8. The van der Waals surface area contributed by atoms with Crippen molar-refractivity contribution in [2.24, 2.45) is 0 Å². The number of benzene rings is 6. The summed E-state index contributed by atoms with van der Waals surface area (Å²) >= 11 is 0. The summed E-state index contributed by atoms with van der Waals surface area (Å²) in [5.41, 5.74) is 8.35. The zero-order chi connectivity index (χ0) is 30.2. The second kappa shape index (κ2) is 9.55. The minimum absolute atomic E-state index is 0.564. The van der Waals surface area contributed by atoms with E-state index >= 15 is 0 Å². The van der Waals surface area contributed by atoms with Gasteiger partial charge in [-0.25, -0.2) is 9.97 Å². The third-order valence-corrected chi connectivity index (χ3v) is 8.77. The van der Waals surface area contributed by atoms with Crippen LogP contribution in [0.2, 0.25) is 0 Å². The van der Waals surface area contributed by atoms with Gasteiger partial charge in [-0.3, -0.25) is 9.47 Å². The predicted octanol–water partition coefficient (Wildman–Crippen LogP) is 10.6. The zero-order valence-corrected chi connectivity index (χ0v) is 24.5. The molecule has 0 bridgehead atoms. The van der Waals surface area contributed by atoms with Crippen molar-refractivity contribution in [2.45, 2.75) is 0 Å². The lowest BCUT2D eigenvalue weighted by atomic mass is 10.0. The first-order valence-corrected chi connectivity index (χ1v) is 15.3. The molecule has 8 aromatic rings. The van der Waals surface area contributed by atoms with Crippen LogP contribution in [0.15, 0.2) is 146 Å². The zero-order valence-electron chi connectivity index (χ0n) is 24.5. The van der Waals surface area contributed by atoms with Crippen LogP contribution in [0.3, 0.4) is 0 Å². The molecule has 10 rings (SSSR count). The molecule has 46 heavy (non-hydrogen) atoms. The normalized spacial score (nSPS) is 12.7. The van der Waals surface area contributed by atoms with Gasteiger partial charge in [0.2, 0.25) is 5.95 Å². The number of hydrogen-bond donors (Lipinski definition) is 0. The van der Waals surface area contributed by atoms with Crippen LogP contribution in [-0.4, -0.2) is 14.5 Å². The van der Waals surface area contributed by atoms with Gasteiger partial charge in [0.1, 0.15) is 11.2 Å². The first-order valence-electron chi connectivity index (χ1n) is 15.3. The summed E-state index contributed by atoms with van der Waals surface area (Å²) in [5.74, 6) is 3.57. The lowest BCUT2D eigenvalue weighted by Gasteiger charge is -2.38. The van der Waals surface area contributed by atoms with Crippen LogP contribution >= 0.6 is 0 Å². The Kier molecular flexibility index (Phi) is 5.19. The maximum atomic E-state index is 6.88. The third-order valence-electron chi connectivity index (χ3n) is 8.77. The van der Waals surface area contributed by atoms with Crippen LogP contribution in [-0.2, 0) is 0 Å². The third kappa shape index (κ3) is 3.58. The highest BCUT2D eigenvalue weighted by molar-refractivity contribution is 6.15. The maximum absolute atomic E-state index is 6.88. The van der Waals surface area contributed by atoms with Crippen molar-refractivity contribution in [1.29, 1.82) is 0 Å². The number of nitrogens with zero attached hydrogens (tertiary/aromatic N) is 4. The molecular weight excluding hydrogens is 568 g/mol. The van der Waals surface area contributed by atoms with Crippen LogP contribution in [0.25, 0.3) is 50.3 Å². The molecule has 0 atom stereocenters. The van der Waals surface area contributed by atoms with Crippen molar-refractivity contribution >= 4 is 38.9 Å². The topological polar surface area (TPSA) is 52.4 Å². The van der Waals surface area contributed by atoms with Crippen molar-refractivity contribution in [3.05, 3.63) is 146 Å². The van der Waals surface area contributed by atoms with Crippen molar-refractivity contribution in [3.8, 4) is 51.5 Å². The van der Waals surface area contributed by atoms with E-state index in [2.05, 4.69) is 82.3 Å². The van der Waals surface area contributed by atoms with E-state index in [1.54, 1.807) is 0 Å². The highest BCUT2D eigenvalue weighted by atomic mass is 16.5. The molecule has 2 aliphatic heterocycles. The minimum Gasteiger partial charge on any atom is -0.453 e. The van der Waals surface area contributed by atoms with Crippen LogP contribution in [0.5, 0.6) is 23.0 Å². The largest absolute Gasteiger partial charge is 0.453 e. The van der Waals surface area contributed by atoms with Gasteiger partial charge in [0, 0.05) is 21.9 Å². The van der Waals surface area contributed by atoms with Gasteiger partial charge in [0.15, 0.2) is 23.0 Å². The van der Waals surface area contributed by atoms with E-state index in [1.807, 2.05) is 72.8 Å². The molecule has 0 radical (unpaired) electrons. The molecule has 0 amide bonds. The Morgan fingerprint density at radius 2 is 1.04 bits per heavy atom. The van der Waals surface area contributed by atoms with Gasteiger partial charge < -0.3 is 9.47 Å². The number of hydrogen-bond acceptors (Lipinski definition) is 5. The Hall–Kier alpha value is -6.40. The number of fused-ring (bicyclic) bond motifs is 8. The van der Waals surface area contributed by atoms with Crippen molar-refractivity contribution in [1.82, 2.24) is 14.5 Å². The minimum atomic E-state index is 0.564. The summed E-state index contributed by atoms with van der Waals surface area (Å²) in [6, 6.07) is 49.4. The molecule has 2 aromatic heterocycles. The summed E-state index contributed by atoms with van der Waals surface area (Å²) in [6.45, 7) is 0. The summed E-state index contributed by atoms with van der Waals surface area (Å²) in [4.78, 5) is 12.7. The summed E-state index contributed by atoms with van der Waals surface area (Å²) in [5, 5.41) is 2.06. The number of anilines is 3. The van der Waals surface area contributed by atoms with Crippen LogP contribution in [0.4, 0.5) is 17.1 Å². The number of rotatable bonds is 3. The molecule has 0 unspecified atom stereocenters. The maximum Gasteiger partial charge on any atom is 0.235 e. The van der Waals surface area contributed by atoms with Crippen LogP contribution in [0, 0.1) is 0 Å². The van der Waals surface area contributed by atoms with Gasteiger partial charge in [0.25, 0.3) is 0 Å². The molecule has 6 heteroatoms. The molecule has 0 aliphatic carbocycles. The first kappa shape index (κ1) is 25.0. The SMILES string of the molecule is c1ccc(-c2cc(-c3ccccc3)nc(-n3c4ccccc4c4cc5c6c(c43)Oc3ccccc3N6c3ccccc3O5)n2)cc1. The Balaban J connectivity index is 1.33. The smallest absolute Gasteiger partial charge is 0.235 e. The molecule has 4 heterocycles. The van der Waals surface area contributed by atoms with E-state index in [1.165, 1.54) is 0 Å². The number of aromatic nitrogens is 3. The van der Waals surface area contributed by atoms with Gasteiger partial charge in [-0.05, 0) is 42.5 Å². The molecular formula is C40H24N4O2. The van der Waals surface area contributed by atoms with Gasteiger partial charge in [-0.15, -0.1) is 0 Å². The lowest BCUT2D eigenvalue weighted by Crippen LogP contribution is -2.20. The van der Waals surface area contributed by atoms with Gasteiger partial charge in [-0.2, -0.15) is 0 Å². The number of ether oxygens (including phenoxy) is 2. The molecule has 216 valence electrons. The molecule has 6 aromatic carbocycles. The Morgan fingerprint density at radius 1 is 0.478 bits per heavy atom. The molecule has 0 spiro atoms. The quantitative estimate of drug-likeness (QED) is 0.204. The van der Waals surface area contributed by atoms with Gasteiger partial charge in [0.05, 0.1) is 28.3 Å². The van der Waals surface area contributed by atoms with Crippen molar-refractivity contribution < 1.29 is 9.47 Å². The molecule has 0 N–H and O–H groups in total. The Morgan fingerprint density at radius 3 is 1.72 bits per heavy atom. The van der Waals surface area contributed by atoms with E-state index in [0.29, 0.717) is 11.7 Å². The fourth-order valence-electron chi connectivity index (χ4n) is 6.76. The summed E-state index contributed by atoms with van der Waals surface area (Å²) < 4.78 is 15.6. The molecule has 0 saturated carbocycles. The van der Waals surface area contributed by atoms with Gasteiger partial charge >= 0.3 is 0 Å². The van der Waals surface area contributed by atoms with Gasteiger partial charge in [-0.1, -0.05) is 103 Å². The summed E-state index contributed by atoms with van der Waals surface area (Å²) in [6.07, 6.45) is 0. The van der Waals surface area contributed by atoms with E-state index in [9.17, 15) is 0 Å². The van der Waals surface area contributed by atoms with E-state index in [0.717, 1.165) is 78.6 Å². The monoisotopic (exact) mass is 592 g/mol. The van der Waals surface area contributed by atoms with Crippen molar-refractivity contribution in [2.75, 3.05) is 4.90 Å².